The molecule has 6 heteroatoms. The van der Waals surface area contributed by atoms with Crippen LogP contribution < -0.4 is 15.8 Å². The van der Waals surface area contributed by atoms with Gasteiger partial charge >= 0.3 is 0 Å². The highest BCUT2D eigenvalue weighted by Crippen LogP contribution is 2.30. The molecule has 21 heavy (non-hydrogen) atoms. The largest absolute Gasteiger partial charge is 0.495 e. The molecule has 0 unspecified atom stereocenters. The molecule has 0 amide bonds. The van der Waals surface area contributed by atoms with Crippen LogP contribution in [0.3, 0.4) is 0 Å². The molecule has 0 aliphatic heterocycles. The molecule has 0 bridgehead atoms. The van der Waals surface area contributed by atoms with Crippen LogP contribution >= 0.6 is 0 Å². The molecule has 1 aromatic carbocycles. The van der Waals surface area contributed by atoms with E-state index in [2.05, 4.69) is 21.4 Å². The average molecular weight is 283 g/mol. The summed E-state index contributed by atoms with van der Waals surface area (Å²) in [5.74, 6) is 2.34. The summed E-state index contributed by atoms with van der Waals surface area (Å²) in [7, 11) is 1.56. The van der Waals surface area contributed by atoms with E-state index < -0.39 is 0 Å². The molecule has 0 aliphatic carbocycles. The molecule has 0 aliphatic rings. The zero-order valence-electron chi connectivity index (χ0n) is 12.3. The van der Waals surface area contributed by atoms with Crippen LogP contribution in [0.25, 0.3) is 0 Å². The summed E-state index contributed by atoms with van der Waals surface area (Å²) in [5.41, 5.74) is 7.93. The zero-order chi connectivity index (χ0) is 15.4. The fourth-order valence-corrected chi connectivity index (χ4v) is 1.85. The van der Waals surface area contributed by atoms with Crippen molar-refractivity contribution in [1.29, 1.82) is 5.26 Å². The zero-order valence-corrected chi connectivity index (χ0v) is 12.3. The van der Waals surface area contributed by atoms with Crippen molar-refractivity contribution in [2.24, 2.45) is 0 Å². The third-order valence-electron chi connectivity index (χ3n) is 3.13. The second-order valence-corrected chi connectivity index (χ2v) is 4.50. The number of methoxy groups -OCH3 is 1. The number of hydrogen-bond donors (Lipinski definition) is 2. The van der Waals surface area contributed by atoms with Crippen LogP contribution in [0.2, 0.25) is 0 Å². The minimum Gasteiger partial charge on any atom is -0.495 e. The van der Waals surface area contributed by atoms with Gasteiger partial charge in [0, 0.05) is 18.1 Å². The van der Waals surface area contributed by atoms with Crippen LogP contribution in [0.5, 0.6) is 5.75 Å². The molecule has 0 fully saturated rings. The smallest absolute Gasteiger partial charge is 0.143 e. The molecule has 1 aromatic heterocycles. The molecule has 0 radical (unpaired) electrons. The van der Waals surface area contributed by atoms with Gasteiger partial charge in [0.25, 0.3) is 0 Å². The minimum atomic E-state index is 0.456. The van der Waals surface area contributed by atoms with E-state index in [1.165, 1.54) is 0 Å². The first kappa shape index (κ1) is 14.6. The number of aryl methyl sites for hydroxylation is 1. The number of nitrogens with one attached hydrogen (secondary N) is 1. The Morgan fingerprint density at radius 1 is 1.38 bits per heavy atom. The van der Waals surface area contributed by atoms with E-state index in [0.29, 0.717) is 35.2 Å². The van der Waals surface area contributed by atoms with E-state index in [4.69, 9.17) is 15.7 Å². The maximum atomic E-state index is 8.92. The molecule has 108 valence electrons. The number of nitrogens with two attached hydrogens (primary N) is 1. The van der Waals surface area contributed by atoms with Crippen molar-refractivity contribution >= 4 is 17.3 Å². The summed E-state index contributed by atoms with van der Waals surface area (Å²) >= 11 is 0. The molecule has 2 aromatic rings. The summed E-state index contributed by atoms with van der Waals surface area (Å²) in [6.45, 7) is 3.82. The molecule has 0 atom stereocenters. The predicted octanol–water partition coefficient (Wildman–Crippen LogP) is 2.55. The number of nitrogen functional groups attached to an aromatic ring is 1. The summed E-state index contributed by atoms with van der Waals surface area (Å²) in [5, 5.41) is 12.1. The molecule has 3 N–H and O–H groups in total. The number of nitrogens with zero attached hydrogens (tertiary/aromatic N) is 3. The number of nitriles is 1. The van der Waals surface area contributed by atoms with Crippen LogP contribution in [0.4, 0.5) is 17.3 Å². The summed E-state index contributed by atoms with van der Waals surface area (Å²) in [6, 6.07) is 7.24. The first-order valence-corrected chi connectivity index (χ1v) is 6.57. The molecule has 0 spiro atoms. The maximum Gasteiger partial charge on any atom is 0.143 e. The summed E-state index contributed by atoms with van der Waals surface area (Å²) in [4.78, 5) is 8.66. The fourth-order valence-electron chi connectivity index (χ4n) is 1.85. The van der Waals surface area contributed by atoms with Crippen molar-refractivity contribution in [1.82, 2.24) is 9.97 Å². The van der Waals surface area contributed by atoms with Gasteiger partial charge in [0.2, 0.25) is 0 Å². The second kappa shape index (κ2) is 6.09. The highest BCUT2D eigenvalue weighted by molar-refractivity contribution is 5.69. The summed E-state index contributed by atoms with van der Waals surface area (Å²) in [6.07, 6.45) is 0.698. The standard InChI is InChI=1S/C15H17N5O/c1-4-13-19-14(17)9(2)15(20-13)18-11-6-5-10(8-16)7-12(11)21-3/h5-7H,4H2,1-3H3,(H3,17,18,19,20). The van der Waals surface area contributed by atoms with Crippen molar-refractivity contribution < 1.29 is 4.74 Å². The number of aromatic nitrogens is 2. The SMILES string of the molecule is CCc1nc(N)c(C)c(Nc2ccc(C#N)cc2OC)n1. The third kappa shape index (κ3) is 3.03. The van der Waals surface area contributed by atoms with Gasteiger partial charge in [0.1, 0.15) is 23.2 Å². The van der Waals surface area contributed by atoms with Crippen molar-refractivity contribution in [3.63, 3.8) is 0 Å². The first-order chi connectivity index (χ1) is 10.1. The van der Waals surface area contributed by atoms with Gasteiger partial charge in [-0.25, -0.2) is 9.97 Å². The van der Waals surface area contributed by atoms with Gasteiger partial charge in [-0.05, 0) is 19.1 Å². The fraction of sp³-hybridized carbons (Fsp3) is 0.267. The topological polar surface area (TPSA) is 96.8 Å². The minimum absolute atomic E-state index is 0.456. The van der Waals surface area contributed by atoms with E-state index in [0.717, 1.165) is 11.3 Å². The molecular formula is C15H17N5O. The molecule has 6 nitrogen and oxygen atoms in total. The number of hydrogen-bond acceptors (Lipinski definition) is 6. The molecule has 0 saturated carbocycles. The summed E-state index contributed by atoms with van der Waals surface area (Å²) < 4.78 is 5.30. The van der Waals surface area contributed by atoms with Crippen LogP contribution in [0.15, 0.2) is 18.2 Å². The lowest BCUT2D eigenvalue weighted by Gasteiger charge is -2.14. The highest BCUT2D eigenvalue weighted by Gasteiger charge is 2.11. The van der Waals surface area contributed by atoms with Crippen molar-refractivity contribution in [3.05, 3.63) is 35.2 Å². The lowest BCUT2D eigenvalue weighted by atomic mass is 10.2. The monoisotopic (exact) mass is 283 g/mol. The van der Waals surface area contributed by atoms with Crippen LogP contribution in [0.1, 0.15) is 23.9 Å². The van der Waals surface area contributed by atoms with Gasteiger partial charge in [-0.3, -0.25) is 0 Å². The van der Waals surface area contributed by atoms with Gasteiger partial charge in [-0.2, -0.15) is 5.26 Å². The van der Waals surface area contributed by atoms with Crippen molar-refractivity contribution in [3.8, 4) is 11.8 Å². The van der Waals surface area contributed by atoms with Crippen molar-refractivity contribution in [2.75, 3.05) is 18.2 Å². The Morgan fingerprint density at radius 3 is 2.76 bits per heavy atom. The normalized spacial score (nSPS) is 10.0. The number of benzene rings is 1. The van der Waals surface area contributed by atoms with Gasteiger partial charge in [-0.1, -0.05) is 6.92 Å². The lowest BCUT2D eigenvalue weighted by Crippen LogP contribution is -2.07. The maximum absolute atomic E-state index is 8.92. The van der Waals surface area contributed by atoms with E-state index in [1.807, 2.05) is 13.8 Å². The van der Waals surface area contributed by atoms with E-state index in [1.54, 1.807) is 25.3 Å². The number of anilines is 3. The second-order valence-electron chi connectivity index (χ2n) is 4.50. The van der Waals surface area contributed by atoms with Crippen molar-refractivity contribution in [2.45, 2.75) is 20.3 Å². The van der Waals surface area contributed by atoms with Gasteiger partial charge in [-0.15, -0.1) is 0 Å². The molecule has 2 rings (SSSR count). The quantitative estimate of drug-likeness (QED) is 0.895. The van der Waals surface area contributed by atoms with Crippen LogP contribution in [-0.2, 0) is 6.42 Å². The first-order valence-electron chi connectivity index (χ1n) is 6.57. The van der Waals surface area contributed by atoms with Crippen LogP contribution in [-0.4, -0.2) is 17.1 Å². The predicted molar refractivity (Wildman–Crippen MR) is 81.6 cm³/mol. The van der Waals surface area contributed by atoms with E-state index in [-0.39, 0.29) is 0 Å². The molecule has 1 heterocycles. The highest BCUT2D eigenvalue weighted by atomic mass is 16.5. The number of rotatable bonds is 4. The lowest BCUT2D eigenvalue weighted by molar-refractivity contribution is 0.416. The van der Waals surface area contributed by atoms with E-state index in [9.17, 15) is 0 Å². The van der Waals surface area contributed by atoms with Crippen LogP contribution in [0, 0.1) is 18.3 Å². The Bertz CT molecular complexity index is 706. The van der Waals surface area contributed by atoms with Gasteiger partial charge < -0.3 is 15.8 Å². The van der Waals surface area contributed by atoms with Gasteiger partial charge in [0.15, 0.2) is 0 Å². The Morgan fingerprint density at radius 2 is 2.14 bits per heavy atom. The average Bonchev–Trinajstić information content (AvgIpc) is 2.51. The number of ether oxygens (including phenoxy) is 1. The molecule has 0 saturated heterocycles. The Balaban J connectivity index is 2.43. The Kier molecular flexibility index (Phi) is 4.24. The van der Waals surface area contributed by atoms with Gasteiger partial charge in [0.05, 0.1) is 24.4 Å². The Hall–Kier alpha value is -2.81. The third-order valence-corrected chi connectivity index (χ3v) is 3.13. The van der Waals surface area contributed by atoms with E-state index >= 15 is 0 Å². The molecular weight excluding hydrogens is 266 g/mol. The Labute approximate surface area is 123 Å².